The summed E-state index contributed by atoms with van der Waals surface area (Å²) in [6.45, 7) is 13.7. The van der Waals surface area contributed by atoms with Gasteiger partial charge in [0, 0.05) is 25.3 Å². The van der Waals surface area contributed by atoms with Gasteiger partial charge in [0.25, 0.3) is 0 Å². The molecule has 0 aromatic heterocycles. The van der Waals surface area contributed by atoms with Crippen LogP contribution in [0.15, 0.2) is 36.0 Å². The van der Waals surface area contributed by atoms with E-state index in [-0.39, 0.29) is 18.7 Å². The van der Waals surface area contributed by atoms with E-state index in [1.165, 1.54) is 37.7 Å². The van der Waals surface area contributed by atoms with Crippen molar-refractivity contribution in [3.8, 4) is 0 Å². The molecule has 0 amide bonds. The van der Waals surface area contributed by atoms with Crippen molar-refractivity contribution >= 4 is 0 Å². The molecule has 1 saturated carbocycles. The van der Waals surface area contributed by atoms with Gasteiger partial charge in [0.15, 0.2) is 12.7 Å². The summed E-state index contributed by atoms with van der Waals surface area (Å²) in [4.78, 5) is 0. The van der Waals surface area contributed by atoms with Crippen LogP contribution in [0.4, 0.5) is 0 Å². The zero-order chi connectivity index (χ0) is 20.4. The second-order valence-corrected chi connectivity index (χ2v) is 7.89. The van der Waals surface area contributed by atoms with Crippen molar-refractivity contribution in [2.24, 2.45) is 5.92 Å². The molecule has 1 fully saturated rings. The van der Waals surface area contributed by atoms with Gasteiger partial charge in [0.05, 0.1) is 0 Å². The highest BCUT2D eigenvalue weighted by Gasteiger charge is 2.38. The number of allylic oxidation sites excluding steroid dienone is 3. The van der Waals surface area contributed by atoms with Gasteiger partial charge < -0.3 is 9.47 Å². The Bertz CT molecular complexity index is 532. The van der Waals surface area contributed by atoms with Crippen molar-refractivity contribution < 1.29 is 9.47 Å². The van der Waals surface area contributed by atoms with Crippen molar-refractivity contribution in [3.63, 3.8) is 0 Å². The molecule has 3 N–H and O–H groups in total. The van der Waals surface area contributed by atoms with Crippen LogP contribution in [-0.4, -0.2) is 38.0 Å². The molecule has 5 atom stereocenters. The zero-order valence-corrected chi connectivity index (χ0v) is 18.3. The molecule has 0 spiro atoms. The summed E-state index contributed by atoms with van der Waals surface area (Å²) in [6.07, 6.45) is 13.4. The summed E-state index contributed by atoms with van der Waals surface area (Å²) >= 11 is 0. The van der Waals surface area contributed by atoms with E-state index in [0.717, 1.165) is 17.9 Å². The molecule has 2 aliphatic rings. The minimum Gasteiger partial charge on any atom is -0.350 e. The third-order valence-corrected chi connectivity index (χ3v) is 5.45. The van der Waals surface area contributed by atoms with Gasteiger partial charge in [0.1, 0.15) is 0 Å². The Morgan fingerprint density at radius 1 is 1.07 bits per heavy atom. The zero-order valence-electron chi connectivity index (χ0n) is 18.3. The van der Waals surface area contributed by atoms with Crippen LogP contribution >= 0.6 is 0 Å². The van der Waals surface area contributed by atoms with E-state index in [9.17, 15) is 0 Å². The fourth-order valence-corrected chi connectivity index (χ4v) is 3.62. The fourth-order valence-electron chi connectivity index (χ4n) is 3.62. The smallest absolute Gasteiger partial charge is 0.166 e. The molecule has 0 aromatic carbocycles. The van der Waals surface area contributed by atoms with Crippen LogP contribution in [0, 0.1) is 5.92 Å². The third-order valence-electron chi connectivity index (χ3n) is 5.45. The lowest BCUT2D eigenvalue weighted by Crippen LogP contribution is -2.57. The first kappa shape index (κ1) is 23.3. The highest BCUT2D eigenvalue weighted by molar-refractivity contribution is 5.36. The van der Waals surface area contributed by atoms with Crippen LogP contribution in [0.3, 0.4) is 0 Å². The maximum atomic E-state index is 5.90. The van der Waals surface area contributed by atoms with Gasteiger partial charge in [0.2, 0.25) is 0 Å². The van der Waals surface area contributed by atoms with Crippen molar-refractivity contribution in [1.29, 1.82) is 0 Å². The maximum absolute atomic E-state index is 5.90. The van der Waals surface area contributed by atoms with Crippen LogP contribution in [0.1, 0.15) is 66.2 Å². The standard InChI is InChI=1S/C23H41N3O2/c1-6-9-10-11-20-16-21(20)25-23(28-8-3)26-22(27-7-2)24-18(5)19-14-12-17(4)13-15-19/h12,14-15,18,20-26H,4,6-11,13,16H2,1-3,5H3. The fraction of sp³-hybridized carbons (Fsp3) is 0.739. The topological polar surface area (TPSA) is 54.5 Å². The normalized spacial score (nSPS) is 24.7. The minimum absolute atomic E-state index is 0.179. The van der Waals surface area contributed by atoms with Crippen LogP contribution in [0.25, 0.3) is 0 Å². The summed E-state index contributed by atoms with van der Waals surface area (Å²) in [5.74, 6) is 0.791. The van der Waals surface area contributed by atoms with Gasteiger partial charge in [-0.1, -0.05) is 56.6 Å². The van der Waals surface area contributed by atoms with Crippen molar-refractivity contribution in [3.05, 3.63) is 36.0 Å². The van der Waals surface area contributed by atoms with Gasteiger partial charge in [-0.05, 0) is 51.5 Å². The molecular weight excluding hydrogens is 350 g/mol. The molecule has 2 aliphatic carbocycles. The van der Waals surface area contributed by atoms with Crippen molar-refractivity contribution in [2.75, 3.05) is 13.2 Å². The van der Waals surface area contributed by atoms with E-state index in [1.807, 2.05) is 13.8 Å². The quantitative estimate of drug-likeness (QED) is 0.289. The number of nitrogens with one attached hydrogen (secondary N) is 3. The molecule has 5 heteroatoms. The molecule has 160 valence electrons. The van der Waals surface area contributed by atoms with Gasteiger partial charge in [-0.15, -0.1) is 0 Å². The predicted octanol–water partition coefficient (Wildman–Crippen LogP) is 4.20. The lowest BCUT2D eigenvalue weighted by atomic mass is 9.99. The summed E-state index contributed by atoms with van der Waals surface area (Å²) < 4.78 is 11.8. The van der Waals surface area contributed by atoms with E-state index in [0.29, 0.717) is 19.3 Å². The van der Waals surface area contributed by atoms with Gasteiger partial charge in [-0.3, -0.25) is 10.6 Å². The Hall–Kier alpha value is -0.980. The first-order valence-electron chi connectivity index (χ1n) is 11.1. The number of unbranched alkanes of at least 4 members (excludes halogenated alkanes) is 2. The first-order chi connectivity index (χ1) is 13.6. The molecule has 0 bridgehead atoms. The maximum Gasteiger partial charge on any atom is 0.166 e. The van der Waals surface area contributed by atoms with E-state index >= 15 is 0 Å². The van der Waals surface area contributed by atoms with E-state index in [4.69, 9.17) is 9.47 Å². The second-order valence-electron chi connectivity index (χ2n) is 7.89. The molecule has 0 heterocycles. The van der Waals surface area contributed by atoms with E-state index < -0.39 is 0 Å². The monoisotopic (exact) mass is 391 g/mol. The van der Waals surface area contributed by atoms with Crippen molar-refractivity contribution in [1.82, 2.24) is 16.0 Å². The highest BCUT2D eigenvalue weighted by Crippen LogP contribution is 2.35. The van der Waals surface area contributed by atoms with Crippen LogP contribution in [-0.2, 0) is 9.47 Å². The largest absolute Gasteiger partial charge is 0.350 e. The van der Waals surface area contributed by atoms with E-state index in [2.05, 4.69) is 54.6 Å². The number of hydrogen-bond donors (Lipinski definition) is 3. The Kier molecular flexibility index (Phi) is 10.4. The van der Waals surface area contributed by atoms with Gasteiger partial charge in [-0.25, -0.2) is 5.32 Å². The van der Waals surface area contributed by atoms with Crippen LogP contribution in [0.2, 0.25) is 0 Å². The minimum atomic E-state index is -0.277. The van der Waals surface area contributed by atoms with E-state index in [1.54, 1.807) is 0 Å². The molecular formula is C23H41N3O2. The third kappa shape index (κ3) is 8.18. The Morgan fingerprint density at radius 2 is 1.82 bits per heavy atom. The van der Waals surface area contributed by atoms with Crippen LogP contribution in [0.5, 0.6) is 0 Å². The average Bonchev–Trinajstić information content (AvgIpc) is 3.40. The molecule has 5 nitrogen and oxygen atoms in total. The molecule has 0 aromatic rings. The number of hydrogen-bond acceptors (Lipinski definition) is 5. The second kappa shape index (κ2) is 12.6. The lowest BCUT2D eigenvalue weighted by molar-refractivity contribution is -0.0681. The Labute approximate surface area is 172 Å². The molecule has 0 radical (unpaired) electrons. The van der Waals surface area contributed by atoms with Crippen LogP contribution < -0.4 is 16.0 Å². The number of rotatable bonds is 15. The first-order valence-corrected chi connectivity index (χ1v) is 11.1. The predicted molar refractivity (Wildman–Crippen MR) is 117 cm³/mol. The summed E-state index contributed by atoms with van der Waals surface area (Å²) in [5.41, 5.74) is 2.41. The molecule has 0 saturated heterocycles. The molecule has 2 rings (SSSR count). The Morgan fingerprint density at radius 3 is 2.46 bits per heavy atom. The lowest BCUT2D eigenvalue weighted by Gasteiger charge is -2.30. The molecule has 0 aliphatic heterocycles. The van der Waals surface area contributed by atoms with Gasteiger partial charge in [-0.2, -0.15) is 0 Å². The average molecular weight is 392 g/mol. The molecule has 28 heavy (non-hydrogen) atoms. The molecule has 5 unspecified atom stereocenters. The number of ether oxygens (including phenoxy) is 2. The van der Waals surface area contributed by atoms with Gasteiger partial charge >= 0.3 is 0 Å². The Balaban J connectivity index is 1.83. The summed E-state index contributed by atoms with van der Waals surface area (Å²) in [6, 6.07) is 0.731. The highest BCUT2D eigenvalue weighted by atomic mass is 16.5. The van der Waals surface area contributed by atoms with Crippen molar-refractivity contribution in [2.45, 2.75) is 91.0 Å². The summed E-state index contributed by atoms with van der Waals surface area (Å²) in [7, 11) is 0. The SMILES string of the molecule is C=C1C=CC(C(C)NC(NC(NC2CC2CCCCC)OCC)OCC)=CC1. The summed E-state index contributed by atoms with van der Waals surface area (Å²) in [5, 5.41) is 10.6.